The summed E-state index contributed by atoms with van der Waals surface area (Å²) < 4.78 is 5.23. The molecule has 3 heteroatoms. The molecule has 0 amide bonds. The summed E-state index contributed by atoms with van der Waals surface area (Å²) in [6.07, 6.45) is 1.64. The summed E-state index contributed by atoms with van der Waals surface area (Å²) in [6.45, 7) is 4.15. The minimum absolute atomic E-state index is 0.207. The molecule has 1 aromatic heterocycles. The third-order valence-electron chi connectivity index (χ3n) is 2.31. The third-order valence-corrected chi connectivity index (χ3v) is 2.31. The van der Waals surface area contributed by atoms with Gasteiger partial charge in [0.15, 0.2) is 5.76 Å². The topological polar surface area (TPSA) is 52.0 Å². The molecule has 0 unspecified atom stereocenters. The van der Waals surface area contributed by atoms with Crippen LogP contribution in [-0.4, -0.2) is 4.98 Å². The number of oxazole rings is 1. The fourth-order valence-corrected chi connectivity index (χ4v) is 1.32. The van der Waals surface area contributed by atoms with Crippen LogP contribution in [0.25, 0.3) is 11.3 Å². The number of nitrogens with zero attached hydrogens (tertiary/aromatic N) is 1. The van der Waals surface area contributed by atoms with E-state index in [1.165, 1.54) is 11.1 Å². The molecule has 0 atom stereocenters. The predicted molar refractivity (Wildman–Crippen MR) is 55.8 cm³/mol. The maximum absolute atomic E-state index is 5.41. The number of nitrogen functional groups attached to an aromatic ring is 1. The molecule has 0 fully saturated rings. The number of benzene rings is 1. The lowest BCUT2D eigenvalue weighted by molar-refractivity contribution is 0.595. The van der Waals surface area contributed by atoms with E-state index >= 15 is 0 Å². The van der Waals surface area contributed by atoms with Gasteiger partial charge < -0.3 is 10.2 Å². The fraction of sp³-hybridized carbons (Fsp3) is 0.182. The largest absolute Gasteiger partial charge is 0.424 e. The van der Waals surface area contributed by atoms with Gasteiger partial charge in [0.1, 0.15) is 0 Å². The highest BCUT2D eigenvalue weighted by molar-refractivity contribution is 5.59. The maximum Gasteiger partial charge on any atom is 0.292 e. The van der Waals surface area contributed by atoms with E-state index in [9.17, 15) is 0 Å². The second-order valence-corrected chi connectivity index (χ2v) is 3.36. The zero-order valence-corrected chi connectivity index (χ0v) is 8.24. The first-order valence-corrected chi connectivity index (χ1v) is 4.46. The van der Waals surface area contributed by atoms with Crippen LogP contribution in [0.4, 0.5) is 6.01 Å². The van der Waals surface area contributed by atoms with Crippen LogP contribution in [0.3, 0.4) is 0 Å². The van der Waals surface area contributed by atoms with Gasteiger partial charge in [-0.15, -0.1) is 0 Å². The van der Waals surface area contributed by atoms with Gasteiger partial charge in [0.05, 0.1) is 6.20 Å². The minimum atomic E-state index is 0.207. The summed E-state index contributed by atoms with van der Waals surface area (Å²) in [7, 11) is 0. The predicted octanol–water partition coefficient (Wildman–Crippen LogP) is 2.54. The van der Waals surface area contributed by atoms with Gasteiger partial charge in [0.2, 0.25) is 0 Å². The highest BCUT2D eigenvalue weighted by atomic mass is 16.4. The van der Waals surface area contributed by atoms with E-state index in [-0.39, 0.29) is 6.01 Å². The van der Waals surface area contributed by atoms with Crippen LogP contribution in [0.2, 0.25) is 0 Å². The van der Waals surface area contributed by atoms with Gasteiger partial charge >= 0.3 is 0 Å². The lowest BCUT2D eigenvalue weighted by Crippen LogP contribution is -1.82. The zero-order valence-electron chi connectivity index (χ0n) is 8.24. The summed E-state index contributed by atoms with van der Waals surface area (Å²) in [5.41, 5.74) is 8.92. The number of rotatable bonds is 1. The lowest BCUT2D eigenvalue weighted by Gasteiger charge is -2.01. The maximum atomic E-state index is 5.41. The van der Waals surface area contributed by atoms with Crippen molar-refractivity contribution in [3.05, 3.63) is 35.5 Å². The lowest BCUT2D eigenvalue weighted by atomic mass is 10.1. The molecule has 2 aromatic rings. The number of hydrogen-bond acceptors (Lipinski definition) is 3. The van der Waals surface area contributed by atoms with E-state index in [0.29, 0.717) is 5.76 Å². The molecule has 1 heterocycles. The molecule has 2 N–H and O–H groups in total. The molecule has 1 aromatic carbocycles. The Morgan fingerprint density at radius 3 is 2.57 bits per heavy atom. The second-order valence-electron chi connectivity index (χ2n) is 3.36. The smallest absolute Gasteiger partial charge is 0.292 e. The van der Waals surface area contributed by atoms with Crippen molar-refractivity contribution in [2.75, 3.05) is 5.73 Å². The highest BCUT2D eigenvalue weighted by Gasteiger charge is 2.04. The van der Waals surface area contributed by atoms with Crippen molar-refractivity contribution in [1.29, 1.82) is 0 Å². The Bertz CT molecular complexity index is 460. The molecule has 0 spiro atoms. The molecule has 0 saturated carbocycles. The van der Waals surface area contributed by atoms with Crippen molar-refractivity contribution in [1.82, 2.24) is 4.98 Å². The van der Waals surface area contributed by atoms with Crippen LogP contribution in [-0.2, 0) is 0 Å². The van der Waals surface area contributed by atoms with Gasteiger partial charge in [-0.05, 0) is 31.0 Å². The molecular formula is C11H12N2O. The highest BCUT2D eigenvalue weighted by Crippen LogP contribution is 2.23. The Kier molecular flexibility index (Phi) is 2.00. The summed E-state index contributed by atoms with van der Waals surface area (Å²) in [6, 6.07) is 6.33. The average molecular weight is 188 g/mol. The molecule has 0 radical (unpaired) electrons. The van der Waals surface area contributed by atoms with Crippen molar-refractivity contribution < 1.29 is 4.42 Å². The van der Waals surface area contributed by atoms with Crippen LogP contribution in [0.5, 0.6) is 0 Å². The molecule has 0 aliphatic rings. The molecule has 0 saturated heterocycles. The number of nitrogens with two attached hydrogens (primary N) is 1. The first kappa shape index (κ1) is 8.81. The first-order chi connectivity index (χ1) is 6.66. The Balaban J connectivity index is 2.47. The van der Waals surface area contributed by atoms with Crippen LogP contribution in [0, 0.1) is 13.8 Å². The van der Waals surface area contributed by atoms with Gasteiger partial charge in [-0.3, -0.25) is 0 Å². The van der Waals surface area contributed by atoms with E-state index in [1.54, 1.807) is 6.20 Å². The van der Waals surface area contributed by atoms with E-state index in [1.807, 2.05) is 6.07 Å². The first-order valence-electron chi connectivity index (χ1n) is 4.46. The molecule has 2 rings (SSSR count). The summed E-state index contributed by atoms with van der Waals surface area (Å²) in [4.78, 5) is 3.86. The normalized spacial score (nSPS) is 10.4. The fourth-order valence-electron chi connectivity index (χ4n) is 1.32. The second kappa shape index (κ2) is 3.18. The number of hydrogen-bond donors (Lipinski definition) is 1. The SMILES string of the molecule is Cc1ccc(-c2cnc(N)o2)cc1C. The number of aromatic nitrogens is 1. The Hall–Kier alpha value is -1.77. The monoisotopic (exact) mass is 188 g/mol. The molecule has 0 aliphatic carbocycles. The van der Waals surface area contributed by atoms with Crippen LogP contribution < -0.4 is 5.73 Å². The summed E-state index contributed by atoms with van der Waals surface area (Å²) in [5, 5.41) is 0. The van der Waals surface area contributed by atoms with Gasteiger partial charge in [0, 0.05) is 5.56 Å². The summed E-state index contributed by atoms with van der Waals surface area (Å²) in [5.74, 6) is 0.714. The van der Waals surface area contributed by atoms with Gasteiger partial charge in [-0.2, -0.15) is 0 Å². The van der Waals surface area contributed by atoms with Gasteiger partial charge in [-0.25, -0.2) is 4.98 Å². The molecule has 14 heavy (non-hydrogen) atoms. The Labute approximate surface area is 82.6 Å². The van der Waals surface area contributed by atoms with E-state index in [4.69, 9.17) is 10.2 Å². The van der Waals surface area contributed by atoms with Crippen LogP contribution >= 0.6 is 0 Å². The van der Waals surface area contributed by atoms with Crippen molar-refractivity contribution in [2.24, 2.45) is 0 Å². The molecular weight excluding hydrogens is 176 g/mol. The van der Waals surface area contributed by atoms with Crippen molar-refractivity contribution >= 4 is 6.01 Å². The van der Waals surface area contributed by atoms with Crippen molar-refractivity contribution in [3.63, 3.8) is 0 Å². The molecule has 3 nitrogen and oxygen atoms in total. The molecule has 0 aliphatic heterocycles. The average Bonchev–Trinajstić information content (AvgIpc) is 2.57. The number of aryl methyl sites for hydroxylation is 2. The summed E-state index contributed by atoms with van der Waals surface area (Å²) >= 11 is 0. The number of anilines is 1. The molecule has 72 valence electrons. The van der Waals surface area contributed by atoms with E-state index in [0.717, 1.165) is 5.56 Å². The van der Waals surface area contributed by atoms with Crippen LogP contribution in [0.1, 0.15) is 11.1 Å². The third kappa shape index (κ3) is 1.48. The standard InChI is InChI=1S/C11H12N2O/c1-7-3-4-9(5-8(7)2)10-6-13-11(12)14-10/h3-6H,1-2H3,(H2,12,13). The Morgan fingerprint density at radius 1 is 1.21 bits per heavy atom. The quantitative estimate of drug-likeness (QED) is 0.748. The molecule has 0 bridgehead atoms. The van der Waals surface area contributed by atoms with Crippen LogP contribution in [0.15, 0.2) is 28.8 Å². The van der Waals surface area contributed by atoms with Crippen molar-refractivity contribution in [2.45, 2.75) is 13.8 Å². The van der Waals surface area contributed by atoms with Gasteiger partial charge in [0.25, 0.3) is 6.01 Å². The van der Waals surface area contributed by atoms with E-state index in [2.05, 4.69) is 31.0 Å². The zero-order chi connectivity index (χ0) is 10.1. The Morgan fingerprint density at radius 2 is 2.00 bits per heavy atom. The van der Waals surface area contributed by atoms with E-state index < -0.39 is 0 Å². The van der Waals surface area contributed by atoms with Gasteiger partial charge in [-0.1, -0.05) is 12.1 Å². The minimum Gasteiger partial charge on any atom is -0.424 e. The van der Waals surface area contributed by atoms with Crippen molar-refractivity contribution in [3.8, 4) is 11.3 Å².